The highest BCUT2D eigenvalue weighted by Gasteiger charge is 2.36. The summed E-state index contributed by atoms with van der Waals surface area (Å²) >= 11 is 0.674. The van der Waals surface area contributed by atoms with Gasteiger partial charge in [-0.25, -0.2) is 4.39 Å². The molecule has 5 N–H and O–H groups in total. The minimum absolute atomic E-state index is 0.106. The van der Waals surface area contributed by atoms with E-state index in [0.717, 1.165) is 23.8 Å². The maximum absolute atomic E-state index is 14.4. The van der Waals surface area contributed by atoms with Gasteiger partial charge in [-0.2, -0.15) is 4.37 Å². The van der Waals surface area contributed by atoms with Gasteiger partial charge in [-0.05, 0) is 67.2 Å². The van der Waals surface area contributed by atoms with E-state index in [-0.39, 0.29) is 34.6 Å². The number of benzene rings is 2. The summed E-state index contributed by atoms with van der Waals surface area (Å²) in [7, 11) is 0. The van der Waals surface area contributed by atoms with Crippen molar-refractivity contribution < 1.29 is 28.2 Å². The van der Waals surface area contributed by atoms with Crippen LogP contribution in [0.3, 0.4) is 0 Å². The fraction of sp³-hybridized carbons (Fsp3) is 0.308. The fourth-order valence-electron chi connectivity index (χ4n) is 4.20. The molecule has 2 aromatic carbocycles. The van der Waals surface area contributed by atoms with Gasteiger partial charge in [0.1, 0.15) is 22.5 Å². The summed E-state index contributed by atoms with van der Waals surface area (Å²) in [6, 6.07) is 10.7. The van der Waals surface area contributed by atoms with Crippen LogP contribution >= 0.6 is 11.5 Å². The van der Waals surface area contributed by atoms with Crippen molar-refractivity contribution in [3.05, 3.63) is 70.5 Å². The van der Waals surface area contributed by atoms with E-state index in [2.05, 4.69) is 9.69 Å². The molecule has 0 radical (unpaired) electrons. The number of aromatic nitrogens is 1. The predicted molar refractivity (Wildman–Crippen MR) is 141 cm³/mol. The molecule has 12 heteroatoms. The van der Waals surface area contributed by atoms with Gasteiger partial charge in [0.25, 0.3) is 11.8 Å². The van der Waals surface area contributed by atoms with Gasteiger partial charge in [0.05, 0.1) is 18.4 Å². The van der Waals surface area contributed by atoms with Crippen molar-refractivity contribution in [1.82, 2.24) is 9.69 Å². The van der Waals surface area contributed by atoms with Gasteiger partial charge >= 0.3 is 0 Å². The van der Waals surface area contributed by atoms with Gasteiger partial charge in [0.15, 0.2) is 5.69 Å². The molecule has 3 aromatic rings. The molecular weight excluding hydrogens is 513 g/mol. The van der Waals surface area contributed by atoms with Crippen LogP contribution in [0.1, 0.15) is 51.5 Å². The average Bonchev–Trinajstić information content (AvgIpc) is 3.56. The molecule has 3 amide bonds. The number of halogens is 1. The van der Waals surface area contributed by atoms with Crippen molar-refractivity contribution in [2.45, 2.75) is 31.9 Å². The van der Waals surface area contributed by atoms with E-state index in [1.807, 2.05) is 6.92 Å². The number of rotatable bonds is 10. The summed E-state index contributed by atoms with van der Waals surface area (Å²) in [5, 5.41) is 2.87. The number of carbonyl (C=O) groups is 3. The number of hydrogen-bond acceptors (Lipinski definition) is 8. The highest BCUT2D eigenvalue weighted by Crippen LogP contribution is 2.34. The lowest BCUT2D eigenvalue weighted by molar-refractivity contribution is -0.123. The molecule has 10 nitrogen and oxygen atoms in total. The molecule has 2 heterocycles. The van der Waals surface area contributed by atoms with Crippen LogP contribution in [0.4, 0.5) is 15.8 Å². The molecule has 1 aliphatic heterocycles. The Kier molecular flexibility index (Phi) is 8.54. The second kappa shape index (κ2) is 12.0. The van der Waals surface area contributed by atoms with Gasteiger partial charge in [-0.1, -0.05) is 18.2 Å². The van der Waals surface area contributed by atoms with E-state index in [4.69, 9.17) is 20.9 Å². The number of ether oxygens (including phenoxy) is 2. The number of hydrogen-bond donors (Lipinski definition) is 3. The molecule has 1 aliphatic rings. The third-order valence-corrected chi connectivity index (χ3v) is 6.85. The standard InChI is InChI=1S/C26H28FN5O5S/c1-2-36-18-10-8-15(9-11-18)22(25(34)30-14-19-7-4-12-37-19)32(17-6-3-5-16(27)13-17)26(35)23-20(28)21(24(29)33)31-38-23/h3,5-6,8-11,13,19,22H,2,4,7,12,14,28H2,1H3,(H2,29,33)(H,30,34). The molecule has 0 bridgehead atoms. The first-order chi connectivity index (χ1) is 18.3. The second-order valence-electron chi connectivity index (χ2n) is 8.58. The third kappa shape index (κ3) is 5.92. The Balaban J connectivity index is 1.80. The summed E-state index contributed by atoms with van der Waals surface area (Å²) in [6.07, 6.45) is 1.55. The molecule has 200 valence electrons. The quantitative estimate of drug-likeness (QED) is 0.357. The number of anilines is 2. The smallest absolute Gasteiger partial charge is 0.273 e. The Labute approximate surface area is 222 Å². The van der Waals surface area contributed by atoms with Crippen molar-refractivity contribution in [3.63, 3.8) is 0 Å². The minimum Gasteiger partial charge on any atom is -0.494 e. The molecule has 38 heavy (non-hydrogen) atoms. The molecule has 0 spiro atoms. The molecule has 4 rings (SSSR count). The van der Waals surface area contributed by atoms with Crippen molar-refractivity contribution in [2.75, 3.05) is 30.4 Å². The van der Waals surface area contributed by atoms with E-state index in [1.54, 1.807) is 24.3 Å². The Bertz CT molecular complexity index is 1310. The topological polar surface area (TPSA) is 150 Å². The molecule has 0 saturated carbocycles. The van der Waals surface area contributed by atoms with Crippen LogP contribution in [0.5, 0.6) is 5.75 Å². The van der Waals surface area contributed by atoms with E-state index in [9.17, 15) is 18.8 Å². The molecule has 1 saturated heterocycles. The lowest BCUT2D eigenvalue weighted by atomic mass is 10.0. The first-order valence-electron chi connectivity index (χ1n) is 12.1. The maximum atomic E-state index is 14.4. The molecule has 0 aliphatic carbocycles. The van der Waals surface area contributed by atoms with Gasteiger partial charge in [-0.3, -0.25) is 19.3 Å². The first-order valence-corrected chi connectivity index (χ1v) is 12.8. The lowest BCUT2D eigenvalue weighted by Crippen LogP contribution is -2.45. The average molecular weight is 542 g/mol. The minimum atomic E-state index is -1.24. The van der Waals surface area contributed by atoms with E-state index >= 15 is 0 Å². The van der Waals surface area contributed by atoms with Crippen LogP contribution in [-0.4, -0.2) is 48.0 Å². The van der Waals surface area contributed by atoms with Crippen LogP contribution < -0.4 is 26.4 Å². The molecule has 2 unspecified atom stereocenters. The zero-order chi connectivity index (χ0) is 27.2. The number of nitrogens with one attached hydrogen (secondary N) is 1. The molecule has 2 atom stereocenters. The monoisotopic (exact) mass is 541 g/mol. The highest BCUT2D eigenvalue weighted by atomic mass is 32.1. The highest BCUT2D eigenvalue weighted by molar-refractivity contribution is 7.09. The van der Waals surface area contributed by atoms with Crippen LogP contribution in [0, 0.1) is 5.82 Å². The van der Waals surface area contributed by atoms with E-state index in [1.165, 1.54) is 18.2 Å². The normalized spacial score (nSPS) is 15.6. The number of nitrogens with zero attached hydrogens (tertiary/aromatic N) is 2. The van der Waals surface area contributed by atoms with Crippen molar-refractivity contribution in [1.29, 1.82) is 0 Å². The summed E-state index contributed by atoms with van der Waals surface area (Å²) in [5.41, 5.74) is 11.5. The molecule has 1 aromatic heterocycles. The van der Waals surface area contributed by atoms with Crippen LogP contribution in [0.25, 0.3) is 0 Å². The number of nitrogen functional groups attached to an aromatic ring is 1. The first kappa shape index (κ1) is 27.0. The summed E-state index contributed by atoms with van der Waals surface area (Å²) in [4.78, 5) is 40.5. The summed E-state index contributed by atoms with van der Waals surface area (Å²) < 4.78 is 29.4. The van der Waals surface area contributed by atoms with Crippen molar-refractivity contribution in [3.8, 4) is 5.75 Å². The Morgan fingerprint density at radius 2 is 2.03 bits per heavy atom. The fourth-order valence-corrected chi connectivity index (χ4v) is 4.94. The van der Waals surface area contributed by atoms with Crippen molar-refractivity contribution in [2.24, 2.45) is 5.73 Å². The number of carbonyl (C=O) groups excluding carboxylic acids is 3. The van der Waals surface area contributed by atoms with Gasteiger partial charge in [0, 0.05) is 18.8 Å². The zero-order valence-corrected chi connectivity index (χ0v) is 21.5. The maximum Gasteiger partial charge on any atom is 0.273 e. The van der Waals surface area contributed by atoms with Crippen LogP contribution in [0.2, 0.25) is 0 Å². The van der Waals surface area contributed by atoms with Gasteiger partial charge in [-0.15, -0.1) is 0 Å². The van der Waals surface area contributed by atoms with E-state index in [0.29, 0.717) is 36.1 Å². The third-order valence-electron chi connectivity index (χ3n) is 6.00. The Morgan fingerprint density at radius 3 is 2.63 bits per heavy atom. The zero-order valence-electron chi connectivity index (χ0n) is 20.7. The number of primary amides is 1. The van der Waals surface area contributed by atoms with Gasteiger partial charge in [0.2, 0.25) is 5.91 Å². The van der Waals surface area contributed by atoms with E-state index < -0.39 is 29.6 Å². The van der Waals surface area contributed by atoms with Crippen LogP contribution in [0.15, 0.2) is 48.5 Å². The van der Waals surface area contributed by atoms with Crippen LogP contribution in [-0.2, 0) is 9.53 Å². The predicted octanol–water partition coefficient (Wildman–Crippen LogP) is 3.05. The Hall–Kier alpha value is -4.03. The lowest BCUT2D eigenvalue weighted by Gasteiger charge is -2.31. The Morgan fingerprint density at radius 1 is 1.26 bits per heavy atom. The van der Waals surface area contributed by atoms with Crippen molar-refractivity contribution >= 4 is 40.6 Å². The number of amides is 3. The van der Waals surface area contributed by atoms with Gasteiger partial charge < -0.3 is 26.3 Å². The summed E-state index contributed by atoms with van der Waals surface area (Å²) in [5.74, 6) is -2.19. The summed E-state index contributed by atoms with van der Waals surface area (Å²) in [6.45, 7) is 3.15. The number of nitrogens with two attached hydrogens (primary N) is 2. The second-order valence-corrected chi connectivity index (χ2v) is 9.35. The molecular formula is C26H28FN5O5S. The molecule has 1 fully saturated rings. The largest absolute Gasteiger partial charge is 0.494 e. The SMILES string of the molecule is CCOc1ccc(C(C(=O)NCC2CCCO2)N(C(=O)c2snc(C(N)=O)c2N)c2cccc(F)c2)cc1.